The average molecular weight is 644 g/mol. The molecule has 5 heteroatoms. The number of rotatable bonds is 3. The van der Waals surface area contributed by atoms with Crippen molar-refractivity contribution in [1.82, 2.24) is 4.98 Å². The van der Waals surface area contributed by atoms with Crippen molar-refractivity contribution in [1.29, 1.82) is 0 Å². The number of allylic oxidation sites excluding steroid dienone is 2. The maximum atomic E-state index is 4.61. The summed E-state index contributed by atoms with van der Waals surface area (Å²) in [4.78, 5) is 11.1. The van der Waals surface area contributed by atoms with E-state index in [9.17, 15) is 0 Å². The molecule has 0 N–H and O–H groups in total. The number of aliphatic imine (C=N–C) groups is 1. The maximum absolute atomic E-state index is 4.61. The second kappa shape index (κ2) is 11.9. The fourth-order valence-electron chi connectivity index (χ4n) is 4.54. The van der Waals surface area contributed by atoms with E-state index >= 15 is 0 Å². The zero-order chi connectivity index (χ0) is 24.0. The Morgan fingerprint density at radius 2 is 1.64 bits per heavy atom. The van der Waals surface area contributed by atoms with Crippen LogP contribution in [0.2, 0.25) is 0 Å². The predicted molar refractivity (Wildman–Crippen MR) is 147 cm³/mol. The number of pyridine rings is 1. The van der Waals surface area contributed by atoms with E-state index in [1.807, 2.05) is 54.7 Å². The molecule has 0 aliphatic carbocycles. The zero-order valence-electron chi connectivity index (χ0n) is 20.4. The number of anilines is 1. The molecule has 0 saturated heterocycles. The van der Waals surface area contributed by atoms with E-state index in [1.54, 1.807) is 0 Å². The van der Waals surface area contributed by atoms with Crippen LogP contribution < -0.4 is 10.3 Å². The van der Waals surface area contributed by atoms with Crippen molar-refractivity contribution in [3.05, 3.63) is 144 Å². The smallest absolute Gasteiger partial charge is 0.285 e. The number of fused-ring (bicyclic) bond motifs is 1. The normalized spacial score (nSPS) is 13.3. The Labute approximate surface area is 227 Å². The van der Waals surface area contributed by atoms with Crippen molar-refractivity contribution in [3.63, 3.8) is 0 Å². The maximum Gasteiger partial charge on any atom is 0.285 e. The number of hydrogen-bond donors (Lipinski definition) is 0. The summed E-state index contributed by atoms with van der Waals surface area (Å²) in [7, 11) is 0. The van der Waals surface area contributed by atoms with Gasteiger partial charge in [0, 0.05) is 32.1 Å². The fraction of sp³-hybridized carbons (Fsp3) is 0.0968. The van der Waals surface area contributed by atoms with Gasteiger partial charge in [-0.2, -0.15) is 12.2 Å². The molecule has 4 aromatic rings. The van der Waals surface area contributed by atoms with E-state index in [0.29, 0.717) is 0 Å². The molecule has 179 valence electrons. The summed E-state index contributed by atoms with van der Waals surface area (Å²) >= 11 is 0. The topological polar surface area (TPSA) is 28.5 Å². The minimum absolute atomic E-state index is 0. The molecule has 0 fully saturated rings. The van der Waals surface area contributed by atoms with E-state index in [0.717, 1.165) is 29.2 Å². The van der Waals surface area contributed by atoms with Gasteiger partial charge in [-0.1, -0.05) is 59.7 Å². The first kappa shape index (κ1) is 25.6. The van der Waals surface area contributed by atoms with Crippen molar-refractivity contribution >= 4 is 29.5 Å². The van der Waals surface area contributed by atoms with Gasteiger partial charge in [0.2, 0.25) is 0 Å². The molecule has 36 heavy (non-hydrogen) atoms. The van der Waals surface area contributed by atoms with Crippen LogP contribution in [0.4, 0.5) is 11.5 Å². The summed E-state index contributed by atoms with van der Waals surface area (Å²) in [6.45, 7) is 4.46. The Bertz CT molecular complexity index is 1380. The molecule has 3 aromatic carbocycles. The van der Waals surface area contributed by atoms with Crippen molar-refractivity contribution < 1.29 is 20.1 Å². The van der Waals surface area contributed by atoms with Crippen LogP contribution in [0.15, 0.2) is 114 Å². The molecular weight excluding hydrogens is 617 g/mol. The third kappa shape index (κ3) is 5.65. The Morgan fingerprint density at radius 3 is 2.36 bits per heavy atom. The number of nitrogens with zero attached hydrogens (tertiary/aromatic N) is 3. The van der Waals surface area contributed by atoms with Crippen LogP contribution in [-0.2, 0) is 26.5 Å². The van der Waals surface area contributed by atoms with E-state index in [1.165, 1.54) is 22.2 Å². The van der Waals surface area contributed by atoms with Gasteiger partial charge in [-0.25, -0.2) is 0 Å². The standard InChI is InChI=1S/C17H16BN2.C14H10N.Ir/c1-14-8-7-9-15(2)17(14)18-11-4-6-13-20(18)16-10-3-5-12-19-16;1-2-6-11(7-3-1)14-10-12-8-4-5-9-13(12)15-14;/h3-12H,1-2H3;1-6,8-9H,10H2;/q2*-1;. The molecule has 2 aliphatic rings. The molecule has 0 amide bonds. The van der Waals surface area contributed by atoms with Crippen LogP contribution in [0.3, 0.4) is 0 Å². The summed E-state index contributed by atoms with van der Waals surface area (Å²) in [6, 6.07) is 31.9. The third-order valence-corrected chi connectivity index (χ3v) is 6.24. The van der Waals surface area contributed by atoms with Gasteiger partial charge in [-0.15, -0.1) is 48.1 Å². The Balaban J connectivity index is 0.000000170. The van der Waals surface area contributed by atoms with E-state index in [4.69, 9.17) is 0 Å². The number of aryl methyl sites for hydroxylation is 2. The van der Waals surface area contributed by atoms with Crippen LogP contribution in [0.25, 0.3) is 0 Å². The molecule has 3 nitrogen and oxygen atoms in total. The molecule has 0 saturated carbocycles. The first-order chi connectivity index (χ1) is 17.2. The van der Waals surface area contributed by atoms with Gasteiger partial charge in [-0.3, -0.25) is 0 Å². The molecule has 0 bridgehead atoms. The molecule has 3 heterocycles. The number of hydrogen-bond acceptors (Lipinski definition) is 3. The molecule has 2 aliphatic heterocycles. The first-order valence-electron chi connectivity index (χ1n) is 11.9. The quantitative estimate of drug-likeness (QED) is 0.203. The van der Waals surface area contributed by atoms with E-state index < -0.39 is 0 Å². The largest absolute Gasteiger partial charge is 0.480 e. The second-order valence-electron chi connectivity index (χ2n) is 8.63. The summed E-state index contributed by atoms with van der Waals surface area (Å²) in [6.07, 6.45) is 10.0. The first-order valence-corrected chi connectivity index (χ1v) is 11.9. The van der Waals surface area contributed by atoms with Crippen LogP contribution in [0.5, 0.6) is 0 Å². The summed E-state index contributed by atoms with van der Waals surface area (Å²) in [5, 5.41) is 0. The monoisotopic (exact) mass is 644 g/mol. The molecule has 6 rings (SSSR count). The average Bonchev–Trinajstić information content (AvgIpc) is 3.35. The Morgan fingerprint density at radius 1 is 0.861 bits per heavy atom. The van der Waals surface area contributed by atoms with Crippen molar-refractivity contribution in [3.8, 4) is 0 Å². The Hall–Kier alpha value is -3.53. The molecule has 0 unspecified atom stereocenters. The van der Waals surface area contributed by atoms with Gasteiger partial charge in [0.25, 0.3) is 6.85 Å². The zero-order valence-corrected chi connectivity index (χ0v) is 22.7. The van der Waals surface area contributed by atoms with Crippen LogP contribution in [-0.4, -0.2) is 17.5 Å². The molecule has 0 atom stereocenters. The number of para-hydroxylation sites is 1. The van der Waals surface area contributed by atoms with Gasteiger partial charge in [-0.05, 0) is 49.1 Å². The van der Waals surface area contributed by atoms with Crippen LogP contribution >= 0.6 is 0 Å². The minimum Gasteiger partial charge on any atom is -0.480 e. The van der Waals surface area contributed by atoms with Gasteiger partial charge in [0.1, 0.15) is 0 Å². The van der Waals surface area contributed by atoms with Gasteiger partial charge in [0.15, 0.2) is 0 Å². The third-order valence-electron chi connectivity index (χ3n) is 6.24. The molecular formula is C31H26BIrN3-2. The molecule has 1 aromatic heterocycles. The predicted octanol–water partition coefficient (Wildman–Crippen LogP) is 5.99. The summed E-state index contributed by atoms with van der Waals surface area (Å²) in [5.41, 5.74) is 8.56. The van der Waals surface area contributed by atoms with Crippen LogP contribution in [0.1, 0.15) is 22.3 Å². The van der Waals surface area contributed by atoms with E-state index in [2.05, 4.69) is 95.4 Å². The SMILES string of the molecule is Cc1cccc(C)c1B1C=CC=[C-]N1c1ccccn1.[Ir].[c-]1ccccc1C1=Nc2ccccc2C1. The van der Waals surface area contributed by atoms with Crippen molar-refractivity contribution in [2.24, 2.45) is 4.99 Å². The summed E-state index contributed by atoms with van der Waals surface area (Å²) in [5.74, 6) is 3.11. The van der Waals surface area contributed by atoms with Gasteiger partial charge in [0.05, 0.1) is 5.69 Å². The van der Waals surface area contributed by atoms with Crippen molar-refractivity contribution in [2.45, 2.75) is 20.3 Å². The minimum atomic E-state index is 0. The van der Waals surface area contributed by atoms with Crippen LogP contribution in [0, 0.1) is 26.1 Å². The molecule has 0 spiro atoms. The fourth-order valence-corrected chi connectivity index (χ4v) is 4.54. The second-order valence-corrected chi connectivity index (χ2v) is 8.63. The van der Waals surface area contributed by atoms with Crippen molar-refractivity contribution in [2.75, 3.05) is 4.81 Å². The summed E-state index contributed by atoms with van der Waals surface area (Å²) < 4.78 is 0. The number of benzene rings is 3. The number of aromatic nitrogens is 1. The van der Waals surface area contributed by atoms with Gasteiger partial charge >= 0.3 is 0 Å². The molecule has 1 radical (unpaired) electrons. The Kier molecular flexibility index (Phi) is 8.48. The van der Waals surface area contributed by atoms with E-state index in [-0.39, 0.29) is 27.0 Å². The van der Waals surface area contributed by atoms with Gasteiger partial charge < -0.3 is 14.8 Å².